The molecule has 1 N–H and O–H groups in total. The van der Waals surface area contributed by atoms with Crippen molar-refractivity contribution in [2.45, 2.75) is 17.2 Å². The summed E-state index contributed by atoms with van der Waals surface area (Å²) in [5.74, 6) is -3.24. The third-order valence-electron chi connectivity index (χ3n) is 6.87. The highest BCUT2D eigenvalue weighted by Gasteiger charge is 2.66. The molecule has 3 amide bonds. The average Bonchev–Trinajstić information content (AvgIpc) is 3.44. The van der Waals surface area contributed by atoms with Gasteiger partial charge in [-0.1, -0.05) is 33.6 Å². The second-order valence-electron chi connectivity index (χ2n) is 8.81. The first-order chi connectivity index (χ1) is 16.7. The molecule has 35 heavy (non-hydrogen) atoms. The molecule has 2 saturated carbocycles. The van der Waals surface area contributed by atoms with Crippen molar-refractivity contribution in [1.29, 1.82) is 0 Å². The molecule has 182 valence electrons. The Balaban J connectivity index is 1.26. The van der Waals surface area contributed by atoms with Crippen molar-refractivity contribution in [1.82, 2.24) is 0 Å². The Hall–Kier alpha value is -2.13. The van der Waals surface area contributed by atoms with Crippen molar-refractivity contribution < 1.29 is 23.9 Å². The summed E-state index contributed by atoms with van der Waals surface area (Å²) in [6.07, 6.45) is 0.670. The van der Waals surface area contributed by atoms with E-state index in [1.54, 1.807) is 30.3 Å². The third-order valence-corrected chi connectivity index (χ3v) is 8.99. The Labute approximate surface area is 224 Å². The normalized spacial score (nSPS) is 28.9. The summed E-state index contributed by atoms with van der Waals surface area (Å²) in [5.41, 5.74) is 0.747. The van der Waals surface area contributed by atoms with Crippen LogP contribution in [0.2, 0.25) is 5.02 Å². The predicted octanol–water partition coefficient (Wildman–Crippen LogP) is 4.87. The number of benzene rings is 2. The summed E-state index contributed by atoms with van der Waals surface area (Å²) in [6.45, 7) is -0.543. The lowest BCUT2D eigenvalue weighted by Gasteiger charge is -2.28. The Morgan fingerprint density at radius 3 is 2.31 bits per heavy atom. The minimum absolute atomic E-state index is 0.100. The number of imide groups is 1. The van der Waals surface area contributed by atoms with Gasteiger partial charge in [0.1, 0.15) is 0 Å². The van der Waals surface area contributed by atoms with E-state index in [-0.39, 0.29) is 45.7 Å². The van der Waals surface area contributed by atoms with Crippen LogP contribution in [0.5, 0.6) is 0 Å². The summed E-state index contributed by atoms with van der Waals surface area (Å²) in [5, 5.41) is 2.20. The van der Waals surface area contributed by atoms with E-state index in [0.717, 1.165) is 9.37 Å². The maximum Gasteiger partial charge on any atom is 0.338 e. The van der Waals surface area contributed by atoms with Gasteiger partial charge in [-0.25, -0.2) is 4.79 Å². The van der Waals surface area contributed by atoms with Crippen molar-refractivity contribution in [3.05, 3.63) is 57.5 Å². The number of nitrogens with zero attached hydrogens (tertiary/aromatic N) is 1. The first-order valence-electron chi connectivity index (χ1n) is 10.9. The van der Waals surface area contributed by atoms with Crippen molar-refractivity contribution >= 4 is 85.8 Å². The SMILES string of the molecule is O=C(COC(=O)c1cccc(N2C(=O)[C@@H]3[C@H]4C[C@@H]([C@H](Cl)[C@H]4Cl)[C@@H]3C2=O)c1)Nc1ccc(Br)cc1Cl. The van der Waals surface area contributed by atoms with Gasteiger partial charge in [-0.15, -0.1) is 23.2 Å². The number of anilines is 2. The number of halogens is 4. The number of esters is 1. The summed E-state index contributed by atoms with van der Waals surface area (Å²) < 4.78 is 5.87. The van der Waals surface area contributed by atoms with E-state index in [4.69, 9.17) is 39.5 Å². The van der Waals surface area contributed by atoms with Crippen LogP contribution in [0, 0.1) is 23.7 Å². The number of hydrogen-bond acceptors (Lipinski definition) is 5. The average molecular weight is 601 g/mol. The van der Waals surface area contributed by atoms with E-state index in [9.17, 15) is 19.2 Å². The van der Waals surface area contributed by atoms with Crippen LogP contribution in [-0.2, 0) is 19.1 Å². The molecule has 3 fully saturated rings. The molecule has 0 unspecified atom stereocenters. The zero-order chi connectivity index (χ0) is 25.0. The number of carbonyl (C=O) groups excluding carboxylic acids is 4. The largest absolute Gasteiger partial charge is 0.452 e. The fourth-order valence-corrected chi connectivity index (χ4v) is 6.98. The van der Waals surface area contributed by atoms with Crippen LogP contribution in [0.1, 0.15) is 16.8 Å². The molecule has 2 aromatic rings. The Morgan fingerprint density at radius 1 is 1.03 bits per heavy atom. The van der Waals surface area contributed by atoms with Crippen molar-refractivity contribution in [3.63, 3.8) is 0 Å². The number of nitrogens with one attached hydrogen (secondary N) is 1. The molecule has 2 aliphatic carbocycles. The van der Waals surface area contributed by atoms with Gasteiger partial charge in [0.05, 0.1) is 44.6 Å². The molecular formula is C24H18BrCl3N2O5. The van der Waals surface area contributed by atoms with Crippen molar-refractivity contribution in [2.75, 3.05) is 16.8 Å². The molecule has 6 atom stereocenters. The number of fused-ring (bicyclic) bond motifs is 5. The van der Waals surface area contributed by atoms with Crippen LogP contribution in [0.25, 0.3) is 0 Å². The van der Waals surface area contributed by atoms with Crippen molar-refractivity contribution in [3.8, 4) is 0 Å². The number of carbonyl (C=O) groups is 4. The zero-order valence-corrected chi connectivity index (χ0v) is 21.8. The molecule has 0 spiro atoms. The Kier molecular flexibility index (Phi) is 6.59. The minimum Gasteiger partial charge on any atom is -0.452 e. The van der Waals surface area contributed by atoms with Crippen LogP contribution in [0.15, 0.2) is 46.9 Å². The summed E-state index contributed by atoms with van der Waals surface area (Å²) in [4.78, 5) is 52.3. The summed E-state index contributed by atoms with van der Waals surface area (Å²) in [6, 6.07) is 10.9. The molecule has 5 rings (SSSR count). The second kappa shape index (κ2) is 9.39. The fraction of sp³-hybridized carbons (Fsp3) is 0.333. The zero-order valence-electron chi connectivity index (χ0n) is 17.9. The lowest BCUT2D eigenvalue weighted by molar-refractivity contribution is -0.123. The molecule has 1 aliphatic heterocycles. The molecule has 0 aromatic heterocycles. The monoisotopic (exact) mass is 598 g/mol. The topological polar surface area (TPSA) is 92.8 Å². The standard InChI is InChI=1S/C24H18BrCl3N2O5/c25-11-4-5-16(15(26)7-11)29-17(31)9-35-24(34)10-2-1-3-12(6-10)30-22(32)18-13-8-14(19(18)23(30)33)21(28)20(13)27/h1-7,13-14,18-21H,8-9H2,(H,29,31)/t13-,14-,18-,19+,20+,21+/m1/s1. The van der Waals surface area contributed by atoms with E-state index in [2.05, 4.69) is 21.2 Å². The van der Waals surface area contributed by atoms with E-state index in [1.165, 1.54) is 12.1 Å². The molecule has 2 bridgehead atoms. The predicted molar refractivity (Wildman–Crippen MR) is 135 cm³/mol. The van der Waals surface area contributed by atoms with Gasteiger partial charge >= 0.3 is 5.97 Å². The maximum atomic E-state index is 13.2. The molecule has 0 radical (unpaired) electrons. The first kappa shape index (κ1) is 24.6. The van der Waals surface area contributed by atoms with Gasteiger partial charge in [-0.3, -0.25) is 19.3 Å². The third kappa shape index (κ3) is 4.24. The summed E-state index contributed by atoms with van der Waals surface area (Å²) in [7, 11) is 0. The van der Waals surface area contributed by atoms with E-state index < -0.39 is 30.3 Å². The van der Waals surface area contributed by atoms with Crippen LogP contribution in [0.4, 0.5) is 11.4 Å². The molecular weight excluding hydrogens is 583 g/mol. The number of ether oxygens (including phenoxy) is 1. The maximum absolute atomic E-state index is 13.2. The molecule has 7 nitrogen and oxygen atoms in total. The van der Waals surface area contributed by atoms with E-state index in [1.807, 2.05) is 0 Å². The highest BCUT2D eigenvalue weighted by atomic mass is 79.9. The van der Waals surface area contributed by atoms with E-state index >= 15 is 0 Å². The van der Waals surface area contributed by atoms with E-state index in [0.29, 0.717) is 17.1 Å². The molecule has 3 aliphatic rings. The molecule has 1 saturated heterocycles. The van der Waals surface area contributed by atoms with Gasteiger partial charge in [0.2, 0.25) is 11.8 Å². The van der Waals surface area contributed by atoms with Crippen LogP contribution in [-0.4, -0.2) is 41.1 Å². The van der Waals surface area contributed by atoms with Gasteiger partial charge < -0.3 is 10.1 Å². The fourth-order valence-electron chi connectivity index (χ4n) is 5.37. The number of amides is 3. The minimum atomic E-state index is -0.773. The summed E-state index contributed by atoms with van der Waals surface area (Å²) >= 11 is 22.2. The Bertz CT molecular complexity index is 1230. The van der Waals surface area contributed by atoms with Crippen molar-refractivity contribution in [2.24, 2.45) is 23.7 Å². The first-order valence-corrected chi connectivity index (χ1v) is 12.9. The van der Waals surface area contributed by atoms with Crippen LogP contribution < -0.4 is 10.2 Å². The van der Waals surface area contributed by atoms with Crippen LogP contribution >= 0.6 is 50.7 Å². The Morgan fingerprint density at radius 2 is 1.69 bits per heavy atom. The van der Waals surface area contributed by atoms with Gasteiger partial charge in [-0.2, -0.15) is 0 Å². The smallest absolute Gasteiger partial charge is 0.338 e. The lowest BCUT2D eigenvalue weighted by Crippen LogP contribution is -2.37. The van der Waals surface area contributed by atoms with Gasteiger partial charge in [-0.05, 0) is 54.7 Å². The quantitative estimate of drug-likeness (QED) is 0.301. The molecule has 2 aromatic carbocycles. The highest BCUT2D eigenvalue weighted by Crippen LogP contribution is 2.59. The highest BCUT2D eigenvalue weighted by molar-refractivity contribution is 9.10. The molecule has 1 heterocycles. The van der Waals surface area contributed by atoms with Gasteiger partial charge in [0.25, 0.3) is 5.91 Å². The number of alkyl halides is 2. The number of hydrogen-bond donors (Lipinski definition) is 1. The molecule has 11 heteroatoms. The second-order valence-corrected chi connectivity index (χ2v) is 11.1. The number of rotatable bonds is 5. The van der Waals surface area contributed by atoms with Crippen LogP contribution in [0.3, 0.4) is 0 Å². The van der Waals surface area contributed by atoms with Gasteiger partial charge in [0, 0.05) is 4.47 Å². The van der Waals surface area contributed by atoms with Gasteiger partial charge in [0.15, 0.2) is 6.61 Å². The lowest BCUT2D eigenvalue weighted by atomic mass is 9.80.